The lowest BCUT2D eigenvalue weighted by molar-refractivity contribution is -0.137. The number of hydrogen-bond donors (Lipinski definition) is 3. The minimum absolute atomic E-state index is 0.0166. The van der Waals surface area contributed by atoms with Crippen LogP contribution in [0.25, 0.3) is 0 Å². The van der Waals surface area contributed by atoms with Crippen LogP contribution in [0.4, 0.5) is 0 Å². The molecule has 0 spiro atoms. The van der Waals surface area contributed by atoms with Gasteiger partial charge in [0.1, 0.15) is 0 Å². The predicted molar refractivity (Wildman–Crippen MR) is 70.6 cm³/mol. The highest BCUT2D eigenvalue weighted by atomic mass is 16.4. The maximum absolute atomic E-state index is 12.0. The van der Waals surface area contributed by atoms with E-state index in [9.17, 15) is 9.59 Å². The summed E-state index contributed by atoms with van der Waals surface area (Å²) in [5, 5.41) is 11.7. The van der Waals surface area contributed by atoms with Crippen LogP contribution in [0.5, 0.6) is 0 Å². The molecule has 0 bridgehead atoms. The van der Waals surface area contributed by atoms with Crippen LogP contribution in [-0.2, 0) is 11.3 Å². The van der Waals surface area contributed by atoms with E-state index in [-0.39, 0.29) is 18.4 Å². The van der Waals surface area contributed by atoms with Gasteiger partial charge in [-0.3, -0.25) is 9.59 Å². The maximum atomic E-state index is 12.0. The molecule has 1 amide bonds. The van der Waals surface area contributed by atoms with Crippen LogP contribution in [-0.4, -0.2) is 23.0 Å². The van der Waals surface area contributed by atoms with Crippen LogP contribution >= 0.6 is 0 Å². The van der Waals surface area contributed by atoms with Crippen molar-refractivity contribution in [3.05, 3.63) is 35.4 Å². The monoisotopic (exact) mass is 262 g/mol. The van der Waals surface area contributed by atoms with E-state index in [2.05, 4.69) is 5.32 Å². The second-order valence-corrected chi connectivity index (χ2v) is 4.92. The van der Waals surface area contributed by atoms with E-state index >= 15 is 0 Å². The first-order valence-electron chi connectivity index (χ1n) is 6.42. The van der Waals surface area contributed by atoms with E-state index in [1.165, 1.54) is 0 Å². The van der Waals surface area contributed by atoms with Crippen molar-refractivity contribution in [2.45, 2.75) is 31.8 Å². The Morgan fingerprint density at radius 3 is 2.42 bits per heavy atom. The number of nitrogens with one attached hydrogen (secondary N) is 1. The lowest BCUT2D eigenvalue weighted by atomic mass is 10.1. The molecule has 1 aromatic carbocycles. The first-order valence-corrected chi connectivity index (χ1v) is 6.42. The molecule has 0 heterocycles. The molecule has 1 aliphatic carbocycles. The molecule has 5 heteroatoms. The van der Waals surface area contributed by atoms with Crippen LogP contribution < -0.4 is 11.1 Å². The van der Waals surface area contributed by atoms with Crippen LogP contribution in [0.15, 0.2) is 24.3 Å². The second-order valence-electron chi connectivity index (χ2n) is 4.92. The highest BCUT2D eigenvalue weighted by Crippen LogP contribution is 2.34. The van der Waals surface area contributed by atoms with E-state index in [1.807, 2.05) is 0 Å². The zero-order chi connectivity index (χ0) is 13.8. The summed E-state index contributed by atoms with van der Waals surface area (Å²) in [5.74, 6) is -0.791. The Bertz CT molecular complexity index is 466. The van der Waals surface area contributed by atoms with E-state index in [4.69, 9.17) is 10.8 Å². The molecule has 0 aliphatic heterocycles. The van der Waals surface area contributed by atoms with Gasteiger partial charge < -0.3 is 16.2 Å². The Kier molecular flexibility index (Phi) is 4.16. The Labute approximate surface area is 111 Å². The Morgan fingerprint density at radius 1 is 1.32 bits per heavy atom. The van der Waals surface area contributed by atoms with E-state index in [0.29, 0.717) is 18.0 Å². The molecule has 1 atom stereocenters. The molecule has 1 saturated carbocycles. The number of carboxylic acid groups (broad SMARTS) is 1. The number of benzene rings is 1. The third-order valence-electron chi connectivity index (χ3n) is 3.35. The predicted octanol–water partition coefficient (Wildman–Crippen LogP) is 1.13. The standard InChI is InChI=1S/C14H18N2O3/c15-8-9-1-3-11(4-2-9)14(19)16-12(7-13(17)18)10-5-6-10/h1-4,10,12H,5-8,15H2,(H,16,19)(H,17,18). The molecular formula is C14H18N2O3. The average molecular weight is 262 g/mol. The van der Waals surface area contributed by atoms with Crippen molar-refractivity contribution in [1.82, 2.24) is 5.32 Å². The number of rotatable bonds is 6. The molecule has 102 valence electrons. The summed E-state index contributed by atoms with van der Waals surface area (Å²) in [6.07, 6.45) is 1.96. The van der Waals surface area contributed by atoms with Gasteiger partial charge >= 0.3 is 5.97 Å². The highest BCUT2D eigenvalue weighted by Gasteiger charge is 2.33. The summed E-state index contributed by atoms with van der Waals surface area (Å²) < 4.78 is 0. The SMILES string of the molecule is NCc1ccc(C(=O)NC(CC(=O)O)C2CC2)cc1. The molecule has 2 rings (SSSR count). The smallest absolute Gasteiger partial charge is 0.305 e. The fraction of sp³-hybridized carbons (Fsp3) is 0.429. The Hall–Kier alpha value is -1.88. The summed E-state index contributed by atoms with van der Waals surface area (Å²) in [4.78, 5) is 22.8. The summed E-state index contributed by atoms with van der Waals surface area (Å²) in [5.41, 5.74) is 6.99. The fourth-order valence-electron chi connectivity index (χ4n) is 2.07. The Morgan fingerprint density at radius 2 is 1.95 bits per heavy atom. The quantitative estimate of drug-likeness (QED) is 0.716. The largest absolute Gasteiger partial charge is 0.481 e. The highest BCUT2D eigenvalue weighted by molar-refractivity contribution is 5.94. The molecule has 0 saturated heterocycles. The van der Waals surface area contributed by atoms with Crippen molar-refractivity contribution >= 4 is 11.9 Å². The molecule has 1 unspecified atom stereocenters. The first-order chi connectivity index (χ1) is 9.10. The molecule has 1 aliphatic rings. The van der Waals surface area contributed by atoms with Crippen molar-refractivity contribution in [2.24, 2.45) is 11.7 Å². The van der Waals surface area contributed by atoms with Crippen molar-refractivity contribution < 1.29 is 14.7 Å². The summed E-state index contributed by atoms with van der Waals surface area (Å²) >= 11 is 0. The summed E-state index contributed by atoms with van der Waals surface area (Å²) in [6.45, 7) is 0.436. The van der Waals surface area contributed by atoms with Crippen molar-refractivity contribution in [2.75, 3.05) is 0 Å². The van der Waals surface area contributed by atoms with Gasteiger partial charge in [-0.25, -0.2) is 0 Å². The Balaban J connectivity index is 1.99. The molecular weight excluding hydrogens is 244 g/mol. The second kappa shape index (κ2) is 5.84. The van der Waals surface area contributed by atoms with E-state index < -0.39 is 5.97 Å². The number of carbonyl (C=O) groups is 2. The topological polar surface area (TPSA) is 92.4 Å². The number of carboxylic acids is 1. The van der Waals surface area contributed by atoms with Gasteiger partial charge in [0.2, 0.25) is 0 Å². The van der Waals surface area contributed by atoms with Crippen molar-refractivity contribution in [1.29, 1.82) is 0 Å². The van der Waals surface area contributed by atoms with Crippen LogP contribution in [0, 0.1) is 5.92 Å². The van der Waals surface area contributed by atoms with Gasteiger partial charge in [-0.1, -0.05) is 12.1 Å². The first kappa shape index (κ1) is 13.5. The number of carbonyl (C=O) groups excluding carboxylic acids is 1. The lowest BCUT2D eigenvalue weighted by Gasteiger charge is -2.16. The number of nitrogens with two attached hydrogens (primary N) is 1. The molecule has 4 N–H and O–H groups in total. The van der Waals surface area contributed by atoms with Crippen LogP contribution in [0.2, 0.25) is 0 Å². The number of amides is 1. The minimum atomic E-state index is -0.879. The summed E-state index contributed by atoms with van der Waals surface area (Å²) in [6, 6.07) is 6.76. The number of aliphatic carboxylic acids is 1. The third kappa shape index (κ3) is 3.79. The van der Waals surface area contributed by atoms with Gasteiger partial charge in [-0.2, -0.15) is 0 Å². The third-order valence-corrected chi connectivity index (χ3v) is 3.35. The fourth-order valence-corrected chi connectivity index (χ4v) is 2.07. The lowest BCUT2D eigenvalue weighted by Crippen LogP contribution is -2.38. The zero-order valence-electron chi connectivity index (χ0n) is 10.6. The zero-order valence-corrected chi connectivity index (χ0v) is 10.6. The molecule has 0 radical (unpaired) electrons. The van der Waals surface area contributed by atoms with Crippen molar-refractivity contribution in [3.63, 3.8) is 0 Å². The van der Waals surface area contributed by atoms with Crippen LogP contribution in [0.1, 0.15) is 35.2 Å². The number of hydrogen-bond acceptors (Lipinski definition) is 3. The van der Waals surface area contributed by atoms with Gasteiger partial charge in [0.15, 0.2) is 0 Å². The molecule has 1 aromatic rings. The maximum Gasteiger partial charge on any atom is 0.305 e. The van der Waals surface area contributed by atoms with E-state index in [0.717, 1.165) is 18.4 Å². The van der Waals surface area contributed by atoms with Gasteiger partial charge in [-0.05, 0) is 36.5 Å². The molecule has 1 fully saturated rings. The van der Waals surface area contributed by atoms with Gasteiger partial charge in [-0.15, -0.1) is 0 Å². The van der Waals surface area contributed by atoms with Gasteiger partial charge in [0.25, 0.3) is 5.91 Å². The molecule has 5 nitrogen and oxygen atoms in total. The van der Waals surface area contributed by atoms with Crippen LogP contribution in [0.3, 0.4) is 0 Å². The van der Waals surface area contributed by atoms with Crippen molar-refractivity contribution in [3.8, 4) is 0 Å². The normalized spacial score (nSPS) is 15.8. The van der Waals surface area contributed by atoms with Gasteiger partial charge in [0.05, 0.1) is 6.42 Å². The van der Waals surface area contributed by atoms with E-state index in [1.54, 1.807) is 24.3 Å². The average Bonchev–Trinajstić information content (AvgIpc) is 3.21. The molecule has 19 heavy (non-hydrogen) atoms. The minimum Gasteiger partial charge on any atom is -0.481 e. The van der Waals surface area contributed by atoms with Gasteiger partial charge in [0, 0.05) is 18.2 Å². The molecule has 0 aromatic heterocycles. The summed E-state index contributed by atoms with van der Waals surface area (Å²) in [7, 11) is 0.